The van der Waals surface area contributed by atoms with Crippen molar-refractivity contribution in [3.63, 3.8) is 0 Å². The molecule has 0 spiro atoms. The number of pyridine rings is 1. The van der Waals surface area contributed by atoms with E-state index in [1.165, 1.54) is 6.20 Å². The normalized spacial score (nSPS) is 11.7. The lowest BCUT2D eigenvalue weighted by molar-refractivity contribution is 0.318. The zero-order chi connectivity index (χ0) is 9.14. The van der Waals surface area contributed by atoms with Crippen LogP contribution in [0.25, 0.3) is 0 Å². The number of hydrogen-bond donors (Lipinski definition) is 2. The minimum absolute atomic E-state index is 0.180. The third kappa shape index (κ3) is 1.62. The first-order valence-electron chi connectivity index (χ1n) is 2.94. The second-order valence-electron chi connectivity index (χ2n) is 1.98. The van der Waals surface area contributed by atoms with Gasteiger partial charge in [0.1, 0.15) is 0 Å². The SMILES string of the molecule is NC(=NO)c1cnc(Cl)c(F)c1. The second-order valence-corrected chi connectivity index (χ2v) is 2.34. The first-order valence-corrected chi connectivity index (χ1v) is 3.32. The highest BCUT2D eigenvalue weighted by atomic mass is 35.5. The molecule has 0 aromatic carbocycles. The summed E-state index contributed by atoms with van der Waals surface area (Å²) in [5.74, 6) is -0.918. The van der Waals surface area contributed by atoms with Gasteiger partial charge in [-0.2, -0.15) is 0 Å². The molecule has 1 aromatic rings. The second kappa shape index (κ2) is 3.36. The summed E-state index contributed by atoms with van der Waals surface area (Å²) in [7, 11) is 0. The molecule has 0 bridgehead atoms. The van der Waals surface area contributed by atoms with Gasteiger partial charge in [0.2, 0.25) is 0 Å². The summed E-state index contributed by atoms with van der Waals surface area (Å²) in [6.45, 7) is 0. The molecule has 64 valence electrons. The van der Waals surface area contributed by atoms with E-state index >= 15 is 0 Å². The number of hydrogen-bond acceptors (Lipinski definition) is 3. The van der Waals surface area contributed by atoms with E-state index in [2.05, 4.69) is 10.1 Å². The molecule has 0 fully saturated rings. The number of oxime groups is 1. The maximum Gasteiger partial charge on any atom is 0.171 e. The minimum Gasteiger partial charge on any atom is -0.409 e. The minimum atomic E-state index is -0.708. The first kappa shape index (κ1) is 8.73. The van der Waals surface area contributed by atoms with Gasteiger partial charge in [-0.1, -0.05) is 16.8 Å². The van der Waals surface area contributed by atoms with Crippen LogP contribution in [0.1, 0.15) is 5.56 Å². The molecule has 6 heteroatoms. The number of halogens is 2. The zero-order valence-corrected chi connectivity index (χ0v) is 6.59. The van der Waals surface area contributed by atoms with E-state index in [0.29, 0.717) is 0 Å². The molecule has 3 N–H and O–H groups in total. The van der Waals surface area contributed by atoms with Crippen LogP contribution in [0.15, 0.2) is 17.4 Å². The lowest BCUT2D eigenvalue weighted by Crippen LogP contribution is -2.13. The van der Waals surface area contributed by atoms with Gasteiger partial charge in [0, 0.05) is 11.8 Å². The van der Waals surface area contributed by atoms with Gasteiger partial charge in [0.15, 0.2) is 16.8 Å². The van der Waals surface area contributed by atoms with Crippen molar-refractivity contribution >= 4 is 17.4 Å². The molecule has 0 amide bonds. The third-order valence-electron chi connectivity index (χ3n) is 1.20. The van der Waals surface area contributed by atoms with E-state index in [1.54, 1.807) is 0 Å². The van der Waals surface area contributed by atoms with Gasteiger partial charge in [-0.25, -0.2) is 9.37 Å². The Balaban J connectivity index is 3.13. The van der Waals surface area contributed by atoms with Gasteiger partial charge < -0.3 is 10.9 Å². The van der Waals surface area contributed by atoms with Crippen LogP contribution in [0.3, 0.4) is 0 Å². The molecular formula is C6H5ClFN3O. The smallest absolute Gasteiger partial charge is 0.171 e. The summed E-state index contributed by atoms with van der Waals surface area (Å²) in [5.41, 5.74) is 5.34. The molecule has 1 aromatic heterocycles. The summed E-state index contributed by atoms with van der Waals surface area (Å²) in [6.07, 6.45) is 1.21. The Hall–Kier alpha value is -1.36. The van der Waals surface area contributed by atoms with Gasteiger partial charge in [-0.3, -0.25) is 0 Å². The largest absolute Gasteiger partial charge is 0.409 e. The van der Waals surface area contributed by atoms with E-state index < -0.39 is 5.82 Å². The number of nitrogens with zero attached hydrogens (tertiary/aromatic N) is 2. The molecule has 0 unspecified atom stereocenters. The Bertz CT molecular complexity index is 329. The van der Waals surface area contributed by atoms with E-state index in [-0.39, 0.29) is 16.6 Å². The van der Waals surface area contributed by atoms with Crippen molar-refractivity contribution in [2.45, 2.75) is 0 Å². The van der Waals surface area contributed by atoms with Crippen LogP contribution in [-0.2, 0) is 0 Å². The predicted octanol–water partition coefficient (Wildman–Crippen LogP) is 0.969. The van der Waals surface area contributed by atoms with Gasteiger partial charge in [0.25, 0.3) is 0 Å². The summed E-state index contributed by atoms with van der Waals surface area (Å²) < 4.78 is 12.7. The maximum absolute atomic E-state index is 12.7. The van der Waals surface area contributed by atoms with Crippen molar-refractivity contribution < 1.29 is 9.60 Å². The monoisotopic (exact) mass is 189 g/mol. The standard InChI is InChI=1S/C6H5ClFN3O/c7-5-4(8)1-3(2-10-5)6(9)11-12/h1-2,12H,(H2,9,11). The van der Waals surface area contributed by atoms with Crippen LogP contribution in [-0.4, -0.2) is 16.0 Å². The lowest BCUT2D eigenvalue weighted by atomic mass is 10.3. The molecule has 1 rings (SSSR count). The Morgan fingerprint density at radius 1 is 1.75 bits per heavy atom. The molecule has 0 atom stereocenters. The zero-order valence-electron chi connectivity index (χ0n) is 5.83. The van der Waals surface area contributed by atoms with Gasteiger partial charge in [-0.05, 0) is 6.07 Å². The summed E-state index contributed by atoms with van der Waals surface area (Å²) in [6, 6.07) is 1.03. The molecule has 12 heavy (non-hydrogen) atoms. The molecule has 0 aliphatic carbocycles. The Labute approximate surface area is 72.5 Å². The Morgan fingerprint density at radius 2 is 2.42 bits per heavy atom. The van der Waals surface area contributed by atoms with Crippen molar-refractivity contribution in [3.05, 3.63) is 28.8 Å². The molecule has 1 heterocycles. The van der Waals surface area contributed by atoms with Crippen LogP contribution in [0.2, 0.25) is 5.15 Å². The number of aromatic nitrogens is 1. The van der Waals surface area contributed by atoms with Crippen LogP contribution >= 0.6 is 11.6 Å². The number of nitrogens with two attached hydrogens (primary N) is 1. The van der Waals surface area contributed by atoms with E-state index in [4.69, 9.17) is 22.5 Å². The number of amidine groups is 1. The molecule has 0 saturated carbocycles. The van der Waals surface area contributed by atoms with Crippen LogP contribution < -0.4 is 5.73 Å². The van der Waals surface area contributed by atoms with Crippen molar-refractivity contribution in [1.29, 1.82) is 0 Å². The van der Waals surface area contributed by atoms with Crippen LogP contribution in [0, 0.1) is 5.82 Å². The van der Waals surface area contributed by atoms with E-state index in [9.17, 15) is 4.39 Å². The van der Waals surface area contributed by atoms with E-state index in [0.717, 1.165) is 6.07 Å². The first-order chi connectivity index (χ1) is 5.65. The Kier molecular flexibility index (Phi) is 2.44. The fourth-order valence-electron chi connectivity index (χ4n) is 0.619. The molecule has 0 aliphatic heterocycles. The summed E-state index contributed by atoms with van der Waals surface area (Å²) in [5, 5.41) is 10.7. The fourth-order valence-corrected chi connectivity index (χ4v) is 0.722. The summed E-state index contributed by atoms with van der Waals surface area (Å²) >= 11 is 5.30. The van der Waals surface area contributed by atoms with Crippen molar-refractivity contribution in [3.8, 4) is 0 Å². The molecular weight excluding hydrogens is 185 g/mol. The summed E-state index contributed by atoms with van der Waals surface area (Å²) in [4.78, 5) is 3.47. The topological polar surface area (TPSA) is 71.5 Å². The lowest BCUT2D eigenvalue weighted by Gasteiger charge is -1.97. The average molecular weight is 190 g/mol. The van der Waals surface area contributed by atoms with Crippen molar-refractivity contribution in [2.24, 2.45) is 10.9 Å². The molecule has 0 aliphatic rings. The third-order valence-corrected chi connectivity index (χ3v) is 1.48. The van der Waals surface area contributed by atoms with Gasteiger partial charge >= 0.3 is 0 Å². The fraction of sp³-hybridized carbons (Fsp3) is 0. The van der Waals surface area contributed by atoms with Crippen LogP contribution in [0.5, 0.6) is 0 Å². The Morgan fingerprint density at radius 3 is 2.92 bits per heavy atom. The number of rotatable bonds is 1. The van der Waals surface area contributed by atoms with Gasteiger partial charge in [0.05, 0.1) is 0 Å². The van der Waals surface area contributed by atoms with Crippen molar-refractivity contribution in [2.75, 3.05) is 0 Å². The van der Waals surface area contributed by atoms with Gasteiger partial charge in [-0.15, -0.1) is 0 Å². The average Bonchev–Trinajstić information content (AvgIpc) is 2.08. The van der Waals surface area contributed by atoms with Crippen molar-refractivity contribution in [1.82, 2.24) is 4.98 Å². The molecule has 0 saturated heterocycles. The maximum atomic E-state index is 12.7. The predicted molar refractivity (Wildman–Crippen MR) is 41.7 cm³/mol. The highest BCUT2D eigenvalue weighted by Gasteiger charge is 2.04. The molecule has 4 nitrogen and oxygen atoms in total. The van der Waals surface area contributed by atoms with Crippen LogP contribution in [0.4, 0.5) is 4.39 Å². The quantitative estimate of drug-likeness (QED) is 0.227. The molecule has 0 radical (unpaired) electrons. The highest BCUT2D eigenvalue weighted by Crippen LogP contribution is 2.11. The highest BCUT2D eigenvalue weighted by molar-refractivity contribution is 6.29. The van der Waals surface area contributed by atoms with E-state index in [1.807, 2.05) is 0 Å².